The number of rotatable bonds is 3. The first-order valence-corrected chi connectivity index (χ1v) is 6.15. The SMILES string of the molecule is [CH]1CCO[C@H]2OC[C@H](OCc3ccccc3)[C@@H]12. The summed E-state index contributed by atoms with van der Waals surface area (Å²) >= 11 is 0. The Balaban J connectivity index is 1.55. The number of fused-ring (bicyclic) bond motifs is 1. The van der Waals surface area contributed by atoms with Gasteiger partial charge < -0.3 is 14.2 Å². The highest BCUT2D eigenvalue weighted by Gasteiger charge is 2.40. The van der Waals surface area contributed by atoms with Crippen LogP contribution in [0.15, 0.2) is 30.3 Å². The molecule has 0 saturated carbocycles. The molecule has 2 aliphatic heterocycles. The second-order valence-electron chi connectivity index (χ2n) is 4.51. The molecule has 0 N–H and O–H groups in total. The minimum Gasteiger partial charge on any atom is -0.371 e. The predicted molar refractivity (Wildman–Crippen MR) is 63.1 cm³/mol. The van der Waals surface area contributed by atoms with Crippen LogP contribution in [0.4, 0.5) is 0 Å². The lowest BCUT2D eigenvalue weighted by Gasteiger charge is -2.26. The summed E-state index contributed by atoms with van der Waals surface area (Å²) in [6, 6.07) is 10.2. The lowest BCUT2D eigenvalue weighted by Crippen LogP contribution is -2.32. The molecule has 1 aromatic carbocycles. The molecule has 0 unspecified atom stereocenters. The van der Waals surface area contributed by atoms with E-state index in [1.54, 1.807) is 0 Å². The minimum atomic E-state index is -0.0791. The van der Waals surface area contributed by atoms with Gasteiger partial charge in [-0.1, -0.05) is 30.3 Å². The van der Waals surface area contributed by atoms with Gasteiger partial charge in [-0.15, -0.1) is 0 Å². The van der Waals surface area contributed by atoms with Gasteiger partial charge in [0, 0.05) is 5.92 Å². The Labute approximate surface area is 102 Å². The average Bonchev–Trinajstić information content (AvgIpc) is 2.81. The van der Waals surface area contributed by atoms with E-state index in [4.69, 9.17) is 14.2 Å². The van der Waals surface area contributed by atoms with Crippen LogP contribution in [0, 0.1) is 12.3 Å². The first-order valence-electron chi connectivity index (χ1n) is 6.15. The van der Waals surface area contributed by atoms with Gasteiger partial charge in [-0.2, -0.15) is 0 Å². The fraction of sp³-hybridized carbons (Fsp3) is 0.500. The molecule has 1 radical (unpaired) electrons. The molecule has 3 atom stereocenters. The van der Waals surface area contributed by atoms with Crippen molar-refractivity contribution >= 4 is 0 Å². The molecule has 17 heavy (non-hydrogen) atoms. The number of hydrogen-bond donors (Lipinski definition) is 0. The topological polar surface area (TPSA) is 27.7 Å². The Morgan fingerprint density at radius 1 is 1.18 bits per heavy atom. The normalized spacial score (nSPS) is 32.4. The van der Waals surface area contributed by atoms with E-state index in [0.717, 1.165) is 13.0 Å². The van der Waals surface area contributed by atoms with Crippen LogP contribution in [-0.2, 0) is 20.8 Å². The molecule has 0 amide bonds. The molecular formula is C14H17O3. The maximum absolute atomic E-state index is 5.92. The molecule has 2 heterocycles. The predicted octanol–water partition coefficient (Wildman–Crippen LogP) is 2.17. The molecule has 2 saturated heterocycles. The van der Waals surface area contributed by atoms with Gasteiger partial charge in [-0.05, 0) is 18.4 Å². The Hall–Kier alpha value is -0.900. The summed E-state index contributed by atoms with van der Waals surface area (Å²) in [6.45, 7) is 2.05. The van der Waals surface area contributed by atoms with Crippen LogP contribution >= 0.6 is 0 Å². The van der Waals surface area contributed by atoms with Crippen LogP contribution in [0.25, 0.3) is 0 Å². The Kier molecular flexibility index (Phi) is 3.41. The number of hydrogen-bond acceptors (Lipinski definition) is 3. The first kappa shape index (κ1) is 11.2. The minimum absolute atomic E-state index is 0.0791. The Morgan fingerprint density at radius 3 is 2.94 bits per heavy atom. The quantitative estimate of drug-likeness (QED) is 0.800. The van der Waals surface area contributed by atoms with Crippen LogP contribution in [0.2, 0.25) is 0 Å². The van der Waals surface area contributed by atoms with Crippen LogP contribution < -0.4 is 0 Å². The molecule has 2 fully saturated rings. The molecule has 0 aromatic heterocycles. The van der Waals surface area contributed by atoms with Gasteiger partial charge in [-0.25, -0.2) is 0 Å². The molecule has 1 aromatic rings. The summed E-state index contributed by atoms with van der Waals surface area (Å²) in [7, 11) is 0. The molecule has 3 nitrogen and oxygen atoms in total. The van der Waals surface area contributed by atoms with Gasteiger partial charge >= 0.3 is 0 Å². The number of ether oxygens (including phenoxy) is 3. The summed E-state index contributed by atoms with van der Waals surface area (Å²) < 4.78 is 17.1. The van der Waals surface area contributed by atoms with E-state index in [-0.39, 0.29) is 12.4 Å². The summed E-state index contributed by atoms with van der Waals surface area (Å²) in [5.41, 5.74) is 1.20. The van der Waals surface area contributed by atoms with Gasteiger partial charge in [0.2, 0.25) is 0 Å². The fourth-order valence-corrected chi connectivity index (χ4v) is 2.39. The van der Waals surface area contributed by atoms with E-state index >= 15 is 0 Å². The van der Waals surface area contributed by atoms with Crippen LogP contribution in [-0.4, -0.2) is 25.6 Å². The summed E-state index contributed by atoms with van der Waals surface area (Å²) in [4.78, 5) is 0. The van der Waals surface area contributed by atoms with Crippen molar-refractivity contribution in [1.29, 1.82) is 0 Å². The van der Waals surface area contributed by atoms with Gasteiger partial charge in [0.1, 0.15) is 0 Å². The van der Waals surface area contributed by atoms with E-state index in [1.165, 1.54) is 5.56 Å². The second kappa shape index (κ2) is 5.17. The lowest BCUT2D eigenvalue weighted by atomic mass is 9.97. The molecule has 0 spiro atoms. The maximum atomic E-state index is 5.92. The molecule has 91 valence electrons. The van der Waals surface area contributed by atoms with Crippen molar-refractivity contribution in [2.75, 3.05) is 13.2 Å². The molecule has 3 heteroatoms. The molecule has 2 aliphatic rings. The first-order chi connectivity index (χ1) is 8.43. The monoisotopic (exact) mass is 233 g/mol. The lowest BCUT2D eigenvalue weighted by molar-refractivity contribution is -0.139. The van der Waals surface area contributed by atoms with Crippen molar-refractivity contribution in [3.05, 3.63) is 42.3 Å². The van der Waals surface area contributed by atoms with Crippen molar-refractivity contribution in [3.8, 4) is 0 Å². The second-order valence-corrected chi connectivity index (χ2v) is 4.51. The maximum Gasteiger partial charge on any atom is 0.163 e. The van der Waals surface area contributed by atoms with Crippen LogP contribution in [0.5, 0.6) is 0 Å². The zero-order valence-corrected chi connectivity index (χ0v) is 9.75. The largest absolute Gasteiger partial charge is 0.371 e. The van der Waals surface area contributed by atoms with Crippen molar-refractivity contribution in [2.45, 2.75) is 25.4 Å². The highest BCUT2D eigenvalue weighted by molar-refractivity contribution is 5.13. The van der Waals surface area contributed by atoms with E-state index in [9.17, 15) is 0 Å². The standard InChI is InChI=1S/C14H17O3/c1-2-5-11(6-3-1)9-16-13-10-17-14-12(13)7-4-8-15-14/h1-3,5-7,12-14H,4,8-10H2/t12-,13+,14+/m1/s1. The van der Waals surface area contributed by atoms with Gasteiger partial charge in [-0.3, -0.25) is 0 Å². The fourth-order valence-electron chi connectivity index (χ4n) is 2.39. The van der Waals surface area contributed by atoms with Crippen molar-refractivity contribution in [3.63, 3.8) is 0 Å². The zero-order chi connectivity index (χ0) is 11.5. The summed E-state index contributed by atoms with van der Waals surface area (Å²) in [5, 5.41) is 0. The van der Waals surface area contributed by atoms with Crippen LogP contribution in [0.1, 0.15) is 12.0 Å². The van der Waals surface area contributed by atoms with Crippen molar-refractivity contribution in [2.24, 2.45) is 5.92 Å². The van der Waals surface area contributed by atoms with Gasteiger partial charge in [0.25, 0.3) is 0 Å². The molecule has 0 bridgehead atoms. The van der Waals surface area contributed by atoms with E-state index in [0.29, 0.717) is 19.1 Å². The van der Waals surface area contributed by atoms with Crippen molar-refractivity contribution in [1.82, 2.24) is 0 Å². The van der Waals surface area contributed by atoms with Gasteiger partial charge in [0.05, 0.1) is 25.9 Å². The van der Waals surface area contributed by atoms with Crippen molar-refractivity contribution < 1.29 is 14.2 Å². The molecule has 3 rings (SSSR count). The van der Waals surface area contributed by atoms with E-state index < -0.39 is 0 Å². The molecular weight excluding hydrogens is 216 g/mol. The third-order valence-corrected chi connectivity index (χ3v) is 3.31. The van der Waals surface area contributed by atoms with Gasteiger partial charge in [0.15, 0.2) is 6.29 Å². The zero-order valence-electron chi connectivity index (χ0n) is 9.75. The summed E-state index contributed by atoms with van der Waals surface area (Å²) in [5.74, 6) is 0.299. The number of benzene rings is 1. The third kappa shape index (κ3) is 2.51. The highest BCUT2D eigenvalue weighted by atomic mass is 16.7. The average molecular weight is 233 g/mol. The smallest absolute Gasteiger partial charge is 0.163 e. The molecule has 0 aliphatic carbocycles. The Bertz CT molecular complexity index is 352. The third-order valence-electron chi connectivity index (χ3n) is 3.31. The van der Waals surface area contributed by atoms with E-state index in [2.05, 4.69) is 18.6 Å². The van der Waals surface area contributed by atoms with Crippen LogP contribution in [0.3, 0.4) is 0 Å². The van der Waals surface area contributed by atoms with E-state index in [1.807, 2.05) is 18.2 Å². The Morgan fingerprint density at radius 2 is 2.06 bits per heavy atom. The summed E-state index contributed by atoms with van der Waals surface area (Å²) in [6.07, 6.45) is 3.33. The highest BCUT2D eigenvalue weighted by Crippen LogP contribution is 2.32.